The van der Waals surface area contributed by atoms with Crippen molar-refractivity contribution in [3.05, 3.63) is 89.5 Å². The molecule has 2 amide bonds. The third kappa shape index (κ3) is 4.04. The fraction of sp³-hybridized carbons (Fsp3) is 0.130. The summed E-state index contributed by atoms with van der Waals surface area (Å²) in [7, 11) is 0. The molecule has 0 heterocycles. The lowest BCUT2D eigenvalue weighted by molar-refractivity contribution is -0.115. The first-order valence-corrected chi connectivity index (χ1v) is 9.14. The van der Waals surface area contributed by atoms with Crippen LogP contribution in [-0.2, 0) is 22.6 Å². The van der Waals surface area contributed by atoms with Crippen molar-refractivity contribution in [2.75, 3.05) is 11.9 Å². The number of benzene rings is 3. The molecule has 0 unspecified atom stereocenters. The van der Waals surface area contributed by atoms with E-state index >= 15 is 0 Å². The van der Waals surface area contributed by atoms with Crippen molar-refractivity contribution in [1.82, 2.24) is 5.32 Å². The molecule has 0 saturated heterocycles. The number of carbonyl (C=O) groups is 2. The Morgan fingerprint density at radius 3 is 2.46 bits per heavy atom. The molecule has 3 aromatic carbocycles. The summed E-state index contributed by atoms with van der Waals surface area (Å²) >= 11 is 0. The monoisotopic (exact) mass is 372 g/mol. The summed E-state index contributed by atoms with van der Waals surface area (Å²) in [5.74, 6) is -0.299. The molecule has 2 N–H and O–H groups in total. The SMILES string of the molecule is O=C(CNC(=O)OCc1ccccc1)Nc1ccc2c(c1)Cc1ccccc1-2. The maximum Gasteiger partial charge on any atom is 0.407 e. The predicted octanol–water partition coefficient (Wildman–Crippen LogP) is 4.12. The number of hydrogen-bond acceptors (Lipinski definition) is 3. The molecule has 28 heavy (non-hydrogen) atoms. The number of anilines is 1. The highest BCUT2D eigenvalue weighted by molar-refractivity contribution is 5.94. The van der Waals surface area contributed by atoms with Gasteiger partial charge in [0, 0.05) is 5.69 Å². The van der Waals surface area contributed by atoms with Crippen LogP contribution in [0.4, 0.5) is 10.5 Å². The van der Waals surface area contributed by atoms with E-state index in [0.717, 1.165) is 17.7 Å². The molecule has 0 radical (unpaired) electrons. The quantitative estimate of drug-likeness (QED) is 0.554. The Hall–Kier alpha value is -3.60. The van der Waals surface area contributed by atoms with Gasteiger partial charge in [0.15, 0.2) is 0 Å². The molecule has 3 aromatic rings. The largest absolute Gasteiger partial charge is 0.445 e. The van der Waals surface area contributed by atoms with Crippen LogP contribution < -0.4 is 10.6 Å². The number of carbonyl (C=O) groups excluding carboxylic acids is 2. The Balaban J connectivity index is 1.28. The van der Waals surface area contributed by atoms with Crippen LogP contribution in [0.1, 0.15) is 16.7 Å². The molecule has 5 nitrogen and oxygen atoms in total. The molecule has 0 aromatic heterocycles. The minimum atomic E-state index is -0.622. The second-order valence-electron chi connectivity index (χ2n) is 6.67. The third-order valence-corrected chi connectivity index (χ3v) is 4.68. The summed E-state index contributed by atoms with van der Waals surface area (Å²) < 4.78 is 5.09. The Kier molecular flexibility index (Phi) is 5.06. The second-order valence-corrected chi connectivity index (χ2v) is 6.67. The molecular formula is C23H20N2O3. The molecule has 4 rings (SSSR count). The summed E-state index contributed by atoms with van der Waals surface area (Å²) in [6.45, 7) is 0.0185. The van der Waals surface area contributed by atoms with Gasteiger partial charge in [0.1, 0.15) is 13.2 Å². The minimum Gasteiger partial charge on any atom is -0.445 e. The van der Waals surface area contributed by atoms with Crippen molar-refractivity contribution in [2.24, 2.45) is 0 Å². The van der Waals surface area contributed by atoms with Crippen LogP contribution >= 0.6 is 0 Å². The van der Waals surface area contributed by atoms with E-state index in [1.54, 1.807) is 0 Å². The van der Waals surface area contributed by atoms with E-state index in [4.69, 9.17) is 4.74 Å². The summed E-state index contributed by atoms with van der Waals surface area (Å²) in [4.78, 5) is 23.9. The van der Waals surface area contributed by atoms with Gasteiger partial charge in [-0.3, -0.25) is 4.79 Å². The van der Waals surface area contributed by atoms with Crippen molar-refractivity contribution in [3.8, 4) is 11.1 Å². The van der Waals surface area contributed by atoms with E-state index in [9.17, 15) is 9.59 Å². The highest BCUT2D eigenvalue weighted by Crippen LogP contribution is 2.37. The van der Waals surface area contributed by atoms with Crippen LogP contribution in [0.5, 0.6) is 0 Å². The van der Waals surface area contributed by atoms with Gasteiger partial charge in [-0.1, -0.05) is 60.7 Å². The van der Waals surface area contributed by atoms with Crippen molar-refractivity contribution in [1.29, 1.82) is 0 Å². The maximum atomic E-state index is 12.1. The molecule has 1 aliphatic rings. The van der Waals surface area contributed by atoms with Gasteiger partial charge in [0.25, 0.3) is 0 Å². The molecule has 0 bridgehead atoms. The van der Waals surface area contributed by atoms with Crippen LogP contribution in [0.15, 0.2) is 72.8 Å². The molecule has 0 atom stereocenters. The van der Waals surface area contributed by atoms with Gasteiger partial charge >= 0.3 is 6.09 Å². The molecule has 5 heteroatoms. The first kappa shape index (κ1) is 17.8. The standard InChI is InChI=1S/C23H20N2O3/c26-22(14-24-23(27)28-15-16-6-2-1-3-7-16)25-19-10-11-21-18(13-19)12-17-8-4-5-9-20(17)21/h1-11,13H,12,14-15H2,(H,24,27)(H,25,26). The normalized spacial score (nSPS) is 11.3. The lowest BCUT2D eigenvalue weighted by Crippen LogP contribution is -2.33. The van der Waals surface area contributed by atoms with E-state index in [-0.39, 0.29) is 19.1 Å². The molecule has 0 saturated carbocycles. The topological polar surface area (TPSA) is 67.4 Å². The summed E-state index contributed by atoms with van der Waals surface area (Å²) in [6.07, 6.45) is 0.239. The molecule has 0 aliphatic heterocycles. The number of ether oxygens (including phenoxy) is 1. The first-order valence-electron chi connectivity index (χ1n) is 9.14. The maximum absolute atomic E-state index is 12.1. The molecular weight excluding hydrogens is 352 g/mol. The van der Waals surface area contributed by atoms with E-state index < -0.39 is 6.09 Å². The van der Waals surface area contributed by atoms with Gasteiger partial charge in [-0.2, -0.15) is 0 Å². The smallest absolute Gasteiger partial charge is 0.407 e. The Morgan fingerprint density at radius 2 is 1.61 bits per heavy atom. The number of nitrogens with one attached hydrogen (secondary N) is 2. The van der Waals surface area contributed by atoms with Crippen LogP contribution in [0.3, 0.4) is 0 Å². The van der Waals surface area contributed by atoms with E-state index in [1.165, 1.54) is 22.3 Å². The predicted molar refractivity (Wildman–Crippen MR) is 108 cm³/mol. The number of hydrogen-bond donors (Lipinski definition) is 2. The zero-order valence-electron chi connectivity index (χ0n) is 15.3. The van der Waals surface area contributed by atoms with Gasteiger partial charge < -0.3 is 15.4 Å². The molecule has 0 spiro atoms. The lowest BCUT2D eigenvalue weighted by Gasteiger charge is -2.09. The van der Waals surface area contributed by atoms with Crippen molar-refractivity contribution >= 4 is 17.7 Å². The fourth-order valence-corrected chi connectivity index (χ4v) is 3.35. The van der Waals surface area contributed by atoms with Gasteiger partial charge in [0.2, 0.25) is 5.91 Å². The molecule has 0 fully saturated rings. The Labute approximate surface area is 163 Å². The number of rotatable bonds is 5. The molecule has 140 valence electrons. The average molecular weight is 372 g/mol. The summed E-state index contributed by atoms with van der Waals surface area (Å²) in [5.41, 5.74) is 6.55. The zero-order chi connectivity index (χ0) is 19.3. The zero-order valence-corrected chi connectivity index (χ0v) is 15.3. The summed E-state index contributed by atoms with van der Waals surface area (Å²) in [6, 6.07) is 23.6. The van der Waals surface area contributed by atoms with Crippen molar-refractivity contribution < 1.29 is 14.3 Å². The number of amides is 2. The van der Waals surface area contributed by atoms with Crippen LogP contribution in [0, 0.1) is 0 Å². The van der Waals surface area contributed by atoms with E-state index in [1.807, 2.05) is 60.7 Å². The van der Waals surface area contributed by atoms with Gasteiger partial charge in [-0.25, -0.2) is 4.79 Å². The second kappa shape index (κ2) is 7.96. The Bertz CT molecular complexity index is 1020. The first-order chi connectivity index (χ1) is 13.7. The van der Waals surface area contributed by atoms with Gasteiger partial charge in [-0.15, -0.1) is 0 Å². The highest BCUT2D eigenvalue weighted by atomic mass is 16.5. The van der Waals surface area contributed by atoms with Crippen LogP contribution in [-0.4, -0.2) is 18.5 Å². The minimum absolute atomic E-state index is 0.148. The van der Waals surface area contributed by atoms with Crippen molar-refractivity contribution in [3.63, 3.8) is 0 Å². The fourth-order valence-electron chi connectivity index (χ4n) is 3.35. The Morgan fingerprint density at radius 1 is 0.857 bits per heavy atom. The number of fused-ring (bicyclic) bond motifs is 3. The molecule has 1 aliphatic carbocycles. The lowest BCUT2D eigenvalue weighted by atomic mass is 10.1. The van der Waals surface area contributed by atoms with E-state index in [0.29, 0.717) is 0 Å². The van der Waals surface area contributed by atoms with Crippen molar-refractivity contribution in [2.45, 2.75) is 13.0 Å². The summed E-state index contributed by atoms with van der Waals surface area (Å²) in [5, 5.41) is 5.28. The van der Waals surface area contributed by atoms with Crippen LogP contribution in [0.2, 0.25) is 0 Å². The highest BCUT2D eigenvalue weighted by Gasteiger charge is 2.18. The van der Waals surface area contributed by atoms with E-state index in [2.05, 4.69) is 22.8 Å². The average Bonchev–Trinajstić information content (AvgIpc) is 3.09. The number of alkyl carbamates (subject to hydrolysis) is 1. The van der Waals surface area contributed by atoms with Gasteiger partial charge in [0.05, 0.1) is 0 Å². The van der Waals surface area contributed by atoms with Gasteiger partial charge in [-0.05, 0) is 46.4 Å². The van der Waals surface area contributed by atoms with Crippen LogP contribution in [0.25, 0.3) is 11.1 Å². The third-order valence-electron chi connectivity index (χ3n) is 4.68.